The molecule has 100 valence electrons. The van der Waals surface area contributed by atoms with E-state index in [-0.39, 0.29) is 0 Å². The lowest BCUT2D eigenvalue weighted by atomic mass is 9.98. The molecule has 0 fully saturated rings. The molecule has 1 aromatic carbocycles. The van der Waals surface area contributed by atoms with E-state index < -0.39 is 0 Å². The van der Waals surface area contributed by atoms with Crippen molar-refractivity contribution in [1.82, 2.24) is 0 Å². The zero-order chi connectivity index (χ0) is 14.8. The maximum Gasteiger partial charge on any atom is -0.0178 e. The van der Waals surface area contributed by atoms with Crippen molar-refractivity contribution < 1.29 is 0 Å². The van der Waals surface area contributed by atoms with E-state index in [4.69, 9.17) is 0 Å². The summed E-state index contributed by atoms with van der Waals surface area (Å²) in [6.07, 6.45) is 15.0. The molecule has 20 heavy (non-hydrogen) atoms. The fourth-order valence-corrected chi connectivity index (χ4v) is 1.83. The van der Waals surface area contributed by atoms with Gasteiger partial charge in [-0.15, -0.1) is 0 Å². The Labute approximate surface area is 122 Å². The van der Waals surface area contributed by atoms with Crippen LogP contribution in [0, 0.1) is 0 Å². The van der Waals surface area contributed by atoms with Crippen LogP contribution < -0.4 is 0 Å². The van der Waals surface area contributed by atoms with Crippen LogP contribution in [0.5, 0.6) is 0 Å². The van der Waals surface area contributed by atoms with Crippen molar-refractivity contribution in [3.63, 3.8) is 0 Å². The fraction of sp³-hybridized carbons (Fsp3) is 0. The van der Waals surface area contributed by atoms with Crippen LogP contribution in [0.2, 0.25) is 0 Å². The molecule has 0 aliphatic carbocycles. The van der Waals surface area contributed by atoms with Crippen LogP contribution in [0.1, 0.15) is 11.1 Å². The highest BCUT2D eigenvalue weighted by molar-refractivity contribution is 5.80. The van der Waals surface area contributed by atoms with Crippen molar-refractivity contribution in [3.8, 4) is 0 Å². The lowest BCUT2D eigenvalue weighted by Gasteiger charge is -2.07. The van der Waals surface area contributed by atoms with E-state index in [9.17, 15) is 0 Å². The molecular weight excluding hydrogens is 240 g/mol. The number of allylic oxidation sites excluding steroid dienone is 10. The average Bonchev–Trinajstić information content (AvgIpc) is 2.49. The maximum absolute atomic E-state index is 3.84. The van der Waals surface area contributed by atoms with E-state index >= 15 is 0 Å². The third-order valence-electron chi connectivity index (χ3n) is 2.76. The third-order valence-corrected chi connectivity index (χ3v) is 2.76. The Morgan fingerprint density at radius 2 is 1.40 bits per heavy atom. The first-order valence-corrected chi connectivity index (χ1v) is 6.44. The van der Waals surface area contributed by atoms with E-state index in [1.54, 1.807) is 18.2 Å². The van der Waals surface area contributed by atoms with Crippen molar-refractivity contribution in [2.24, 2.45) is 0 Å². The smallest absolute Gasteiger partial charge is 0.0178 e. The summed E-state index contributed by atoms with van der Waals surface area (Å²) in [4.78, 5) is 0. The molecule has 0 unspecified atom stereocenters. The second-order valence-electron chi connectivity index (χ2n) is 4.10. The minimum atomic E-state index is 1.05. The molecule has 0 radical (unpaired) electrons. The molecule has 0 atom stereocenters. The van der Waals surface area contributed by atoms with Crippen LogP contribution in [0.15, 0.2) is 99.2 Å². The molecule has 0 spiro atoms. The summed E-state index contributed by atoms with van der Waals surface area (Å²) in [5.74, 6) is 0. The number of hydrogen-bond donors (Lipinski definition) is 0. The molecule has 0 aliphatic rings. The molecule has 0 saturated heterocycles. The van der Waals surface area contributed by atoms with Gasteiger partial charge in [-0.25, -0.2) is 0 Å². The van der Waals surface area contributed by atoms with E-state index in [0.717, 1.165) is 22.3 Å². The summed E-state index contributed by atoms with van der Waals surface area (Å²) in [7, 11) is 0. The molecule has 0 heteroatoms. The second kappa shape index (κ2) is 8.49. The molecule has 0 aromatic heterocycles. The minimum absolute atomic E-state index is 1.05. The van der Waals surface area contributed by atoms with Crippen molar-refractivity contribution in [3.05, 3.63) is 110 Å². The lowest BCUT2D eigenvalue weighted by Crippen LogP contribution is -1.86. The quantitative estimate of drug-likeness (QED) is 0.547. The maximum atomic E-state index is 3.84. The van der Waals surface area contributed by atoms with Gasteiger partial charge >= 0.3 is 0 Å². The van der Waals surface area contributed by atoms with E-state index in [0.29, 0.717) is 0 Å². The highest BCUT2D eigenvalue weighted by atomic mass is 14.1. The van der Waals surface area contributed by atoms with Crippen LogP contribution in [0.4, 0.5) is 0 Å². The second-order valence-corrected chi connectivity index (χ2v) is 4.10. The summed E-state index contributed by atoms with van der Waals surface area (Å²) in [6, 6.07) is 8.29. The van der Waals surface area contributed by atoms with Crippen molar-refractivity contribution in [2.45, 2.75) is 0 Å². The monoisotopic (exact) mass is 260 g/mol. The number of hydrogen-bond acceptors (Lipinski definition) is 0. The van der Waals surface area contributed by atoms with Gasteiger partial charge in [0.2, 0.25) is 0 Å². The Morgan fingerprint density at radius 3 is 1.95 bits per heavy atom. The Kier molecular flexibility index (Phi) is 6.56. The van der Waals surface area contributed by atoms with Gasteiger partial charge in [-0.1, -0.05) is 93.1 Å². The molecule has 0 N–H and O–H groups in total. The van der Waals surface area contributed by atoms with Gasteiger partial charge in [-0.3, -0.25) is 0 Å². The van der Waals surface area contributed by atoms with Gasteiger partial charge in [0.1, 0.15) is 0 Å². The standard InChI is InChI=1S/C20H20/c1-5-9-13-18(12-7-3)20-15-10-14-19(16-20)17(8-4)11-6-2/h5-16H,1-4H2/b13-9-,17-11+,18-12+. The fourth-order valence-electron chi connectivity index (χ4n) is 1.83. The Balaban J connectivity index is 3.29. The topological polar surface area (TPSA) is 0 Å². The van der Waals surface area contributed by atoms with Crippen LogP contribution in [-0.4, -0.2) is 0 Å². The van der Waals surface area contributed by atoms with E-state index in [1.807, 2.05) is 36.4 Å². The number of rotatable bonds is 7. The van der Waals surface area contributed by atoms with Crippen LogP contribution >= 0.6 is 0 Å². The Hall–Kier alpha value is -2.60. The predicted octanol–water partition coefficient (Wildman–Crippen LogP) is 5.75. The van der Waals surface area contributed by atoms with Gasteiger partial charge in [0.25, 0.3) is 0 Å². The summed E-state index contributed by atoms with van der Waals surface area (Å²) >= 11 is 0. The largest absolute Gasteiger partial charge is 0.0991 e. The zero-order valence-corrected chi connectivity index (χ0v) is 11.8. The van der Waals surface area contributed by atoms with Crippen LogP contribution in [0.3, 0.4) is 0 Å². The molecular formula is C20H20. The van der Waals surface area contributed by atoms with E-state index in [1.165, 1.54) is 0 Å². The van der Waals surface area contributed by atoms with Crippen molar-refractivity contribution in [2.75, 3.05) is 0 Å². The van der Waals surface area contributed by atoms with Crippen molar-refractivity contribution >= 4 is 11.1 Å². The van der Waals surface area contributed by atoms with Gasteiger partial charge in [-0.2, -0.15) is 0 Å². The Bertz CT molecular complexity index is 592. The summed E-state index contributed by atoms with van der Waals surface area (Å²) in [5.41, 5.74) is 4.37. The van der Waals surface area contributed by atoms with Crippen LogP contribution in [-0.2, 0) is 0 Å². The Morgan fingerprint density at radius 1 is 0.800 bits per heavy atom. The first kappa shape index (κ1) is 15.5. The molecule has 0 bridgehead atoms. The molecule has 0 aliphatic heterocycles. The highest BCUT2D eigenvalue weighted by Gasteiger charge is 2.01. The highest BCUT2D eigenvalue weighted by Crippen LogP contribution is 2.22. The zero-order valence-electron chi connectivity index (χ0n) is 11.8. The van der Waals surface area contributed by atoms with E-state index in [2.05, 4.69) is 44.5 Å². The summed E-state index contributed by atoms with van der Waals surface area (Å²) in [5, 5.41) is 0. The first-order valence-electron chi connectivity index (χ1n) is 6.44. The molecule has 1 aromatic rings. The van der Waals surface area contributed by atoms with Gasteiger partial charge in [-0.05, 0) is 28.3 Å². The van der Waals surface area contributed by atoms with Gasteiger partial charge < -0.3 is 0 Å². The predicted molar refractivity (Wildman–Crippen MR) is 92.3 cm³/mol. The summed E-state index contributed by atoms with van der Waals surface area (Å²) in [6.45, 7) is 15.0. The SMILES string of the molecule is C=C/C=C\C(=C/C=C)c1cccc(/C(C=C)=C/C=C)c1. The molecule has 0 amide bonds. The molecule has 0 nitrogen and oxygen atoms in total. The average molecular weight is 260 g/mol. The molecule has 0 saturated carbocycles. The lowest BCUT2D eigenvalue weighted by molar-refractivity contribution is 1.56. The number of benzene rings is 1. The normalized spacial score (nSPS) is 12.2. The molecule has 1 rings (SSSR count). The van der Waals surface area contributed by atoms with Gasteiger partial charge in [0.15, 0.2) is 0 Å². The minimum Gasteiger partial charge on any atom is -0.0991 e. The van der Waals surface area contributed by atoms with Gasteiger partial charge in [0.05, 0.1) is 0 Å². The summed E-state index contributed by atoms with van der Waals surface area (Å²) < 4.78 is 0. The first-order chi connectivity index (χ1) is 9.76. The van der Waals surface area contributed by atoms with Crippen molar-refractivity contribution in [1.29, 1.82) is 0 Å². The molecule has 0 heterocycles. The third kappa shape index (κ3) is 4.25. The van der Waals surface area contributed by atoms with Gasteiger partial charge in [0, 0.05) is 0 Å². The van der Waals surface area contributed by atoms with Crippen LogP contribution in [0.25, 0.3) is 11.1 Å².